The van der Waals surface area contributed by atoms with E-state index in [-0.39, 0.29) is 11.6 Å². The predicted molar refractivity (Wildman–Crippen MR) is 63.9 cm³/mol. The maximum atomic E-state index is 13.4. The molecule has 0 bridgehead atoms. The van der Waals surface area contributed by atoms with Crippen LogP contribution in [0.3, 0.4) is 0 Å². The minimum atomic E-state index is -0.498. The normalized spacial score (nSPS) is 12.7. The van der Waals surface area contributed by atoms with Gasteiger partial charge in [-0.15, -0.1) is 0 Å². The molecule has 0 aliphatic carbocycles. The van der Waals surface area contributed by atoms with Crippen molar-refractivity contribution in [1.29, 1.82) is 0 Å². The molecule has 0 aliphatic heterocycles. The Hall–Kier alpha value is -1.00. The van der Waals surface area contributed by atoms with Crippen molar-refractivity contribution in [3.63, 3.8) is 0 Å². The average Bonchev–Trinajstić information content (AvgIpc) is 2.28. The van der Waals surface area contributed by atoms with Gasteiger partial charge in [-0.3, -0.25) is 0 Å². The molecular weight excluding hydrogens is 224 g/mol. The van der Waals surface area contributed by atoms with Gasteiger partial charge in [0.2, 0.25) is 0 Å². The fourth-order valence-electron chi connectivity index (χ4n) is 1.72. The Morgan fingerprint density at radius 1 is 1.24 bits per heavy atom. The van der Waals surface area contributed by atoms with E-state index in [9.17, 15) is 8.78 Å². The zero-order chi connectivity index (χ0) is 12.7. The number of benzene rings is 1. The van der Waals surface area contributed by atoms with Crippen molar-refractivity contribution in [3.8, 4) is 0 Å². The molecule has 0 spiro atoms. The topological polar surface area (TPSA) is 21.3 Å². The zero-order valence-electron chi connectivity index (χ0n) is 10.3. The molecule has 96 valence electrons. The zero-order valence-corrected chi connectivity index (χ0v) is 10.3. The molecule has 0 heterocycles. The average molecular weight is 243 g/mol. The molecule has 0 saturated carbocycles. The Balaban J connectivity index is 2.44. The molecule has 1 N–H and O–H groups in total. The lowest BCUT2D eigenvalue weighted by Gasteiger charge is -2.15. The molecule has 0 amide bonds. The van der Waals surface area contributed by atoms with Crippen LogP contribution in [0.2, 0.25) is 0 Å². The Labute approximate surface area is 101 Å². The summed E-state index contributed by atoms with van der Waals surface area (Å²) in [5.74, 6) is -0.996. The summed E-state index contributed by atoms with van der Waals surface area (Å²) in [5.41, 5.74) is 0.110. The minimum absolute atomic E-state index is 0.110. The third kappa shape index (κ3) is 4.40. The number of nitrogens with one attached hydrogen (secondary N) is 1. The SMILES string of the molecule is COCCCCNC(C)c1c(F)cccc1F. The number of hydrogen-bond acceptors (Lipinski definition) is 2. The molecule has 1 unspecified atom stereocenters. The molecule has 0 radical (unpaired) electrons. The first-order valence-electron chi connectivity index (χ1n) is 5.83. The Kier molecular flexibility index (Phi) is 6.08. The summed E-state index contributed by atoms with van der Waals surface area (Å²) in [6.07, 6.45) is 1.87. The van der Waals surface area contributed by atoms with Gasteiger partial charge in [-0.05, 0) is 38.4 Å². The van der Waals surface area contributed by atoms with Crippen LogP contribution in [-0.4, -0.2) is 20.3 Å². The van der Waals surface area contributed by atoms with E-state index in [2.05, 4.69) is 5.32 Å². The summed E-state index contributed by atoms with van der Waals surface area (Å²) < 4.78 is 31.8. The van der Waals surface area contributed by atoms with Gasteiger partial charge >= 0.3 is 0 Å². The standard InChI is InChI=1S/C13H19F2NO/c1-10(16-8-3-4-9-17-2)13-11(14)6-5-7-12(13)15/h5-7,10,16H,3-4,8-9H2,1-2H3. The second-order valence-electron chi connectivity index (χ2n) is 4.01. The lowest BCUT2D eigenvalue weighted by Crippen LogP contribution is -2.22. The van der Waals surface area contributed by atoms with Crippen molar-refractivity contribution in [2.24, 2.45) is 0 Å². The number of halogens is 2. The van der Waals surface area contributed by atoms with Gasteiger partial charge in [-0.2, -0.15) is 0 Å². The van der Waals surface area contributed by atoms with Crippen molar-refractivity contribution in [2.45, 2.75) is 25.8 Å². The summed E-state index contributed by atoms with van der Waals surface area (Å²) in [6, 6.07) is 3.61. The molecule has 0 fully saturated rings. The van der Waals surface area contributed by atoms with Crippen LogP contribution in [0.5, 0.6) is 0 Å². The summed E-state index contributed by atoms with van der Waals surface area (Å²) in [4.78, 5) is 0. The summed E-state index contributed by atoms with van der Waals surface area (Å²) in [7, 11) is 1.66. The third-order valence-corrected chi connectivity index (χ3v) is 2.66. The second-order valence-corrected chi connectivity index (χ2v) is 4.01. The van der Waals surface area contributed by atoms with Gasteiger partial charge in [0.1, 0.15) is 11.6 Å². The van der Waals surface area contributed by atoms with E-state index in [1.807, 2.05) is 0 Å². The van der Waals surface area contributed by atoms with Crippen molar-refractivity contribution in [1.82, 2.24) is 5.32 Å². The summed E-state index contributed by atoms with van der Waals surface area (Å²) in [5, 5.41) is 3.10. The van der Waals surface area contributed by atoms with E-state index in [1.54, 1.807) is 14.0 Å². The Morgan fingerprint density at radius 3 is 2.47 bits per heavy atom. The van der Waals surface area contributed by atoms with Crippen molar-refractivity contribution < 1.29 is 13.5 Å². The van der Waals surface area contributed by atoms with E-state index in [1.165, 1.54) is 18.2 Å². The number of hydrogen-bond donors (Lipinski definition) is 1. The summed E-state index contributed by atoms with van der Waals surface area (Å²) in [6.45, 7) is 3.19. The number of unbranched alkanes of at least 4 members (excludes halogenated alkanes) is 1. The third-order valence-electron chi connectivity index (χ3n) is 2.66. The monoisotopic (exact) mass is 243 g/mol. The number of rotatable bonds is 7. The molecule has 1 aromatic carbocycles. The first kappa shape index (κ1) is 14.1. The van der Waals surface area contributed by atoms with Crippen LogP contribution in [0, 0.1) is 11.6 Å². The van der Waals surface area contributed by atoms with Crippen molar-refractivity contribution in [3.05, 3.63) is 35.4 Å². The molecule has 4 heteroatoms. The molecule has 0 saturated heterocycles. The van der Waals surface area contributed by atoms with Crippen molar-refractivity contribution >= 4 is 0 Å². The smallest absolute Gasteiger partial charge is 0.130 e. The van der Waals surface area contributed by atoms with Crippen molar-refractivity contribution in [2.75, 3.05) is 20.3 Å². The largest absolute Gasteiger partial charge is 0.385 e. The maximum absolute atomic E-state index is 13.4. The van der Waals surface area contributed by atoms with E-state index in [0.29, 0.717) is 6.61 Å². The highest BCUT2D eigenvalue weighted by Crippen LogP contribution is 2.19. The van der Waals surface area contributed by atoms with Crippen LogP contribution in [0.15, 0.2) is 18.2 Å². The van der Waals surface area contributed by atoms with Gasteiger partial charge in [0.05, 0.1) is 0 Å². The highest BCUT2D eigenvalue weighted by molar-refractivity contribution is 5.22. The van der Waals surface area contributed by atoms with Gasteiger partial charge in [-0.1, -0.05) is 6.07 Å². The molecular formula is C13H19F2NO. The molecule has 0 aromatic heterocycles. The lowest BCUT2D eigenvalue weighted by atomic mass is 10.1. The van der Waals surface area contributed by atoms with Gasteiger partial charge in [0, 0.05) is 25.3 Å². The highest BCUT2D eigenvalue weighted by atomic mass is 19.1. The fraction of sp³-hybridized carbons (Fsp3) is 0.538. The first-order chi connectivity index (χ1) is 8.16. The lowest BCUT2D eigenvalue weighted by molar-refractivity contribution is 0.192. The maximum Gasteiger partial charge on any atom is 0.130 e. The van der Waals surface area contributed by atoms with Gasteiger partial charge in [-0.25, -0.2) is 8.78 Å². The molecule has 1 atom stereocenters. The Morgan fingerprint density at radius 2 is 1.88 bits per heavy atom. The quantitative estimate of drug-likeness (QED) is 0.743. The number of ether oxygens (including phenoxy) is 1. The van der Waals surface area contributed by atoms with Gasteiger partial charge < -0.3 is 10.1 Å². The molecule has 1 rings (SSSR count). The van der Waals surface area contributed by atoms with Gasteiger partial charge in [0.15, 0.2) is 0 Å². The highest BCUT2D eigenvalue weighted by Gasteiger charge is 2.14. The van der Waals surface area contributed by atoms with Crippen LogP contribution in [0.25, 0.3) is 0 Å². The second kappa shape index (κ2) is 7.35. The van der Waals surface area contributed by atoms with Crippen LogP contribution in [-0.2, 0) is 4.74 Å². The minimum Gasteiger partial charge on any atom is -0.385 e. The van der Waals surface area contributed by atoms with E-state index in [0.717, 1.165) is 19.4 Å². The molecule has 0 aliphatic rings. The van der Waals surface area contributed by atoms with Gasteiger partial charge in [0.25, 0.3) is 0 Å². The predicted octanol–water partition coefficient (Wildman–Crippen LogP) is 3.04. The fourth-order valence-corrected chi connectivity index (χ4v) is 1.72. The van der Waals surface area contributed by atoms with Crippen LogP contribution in [0.4, 0.5) is 8.78 Å². The van der Waals surface area contributed by atoms with E-state index < -0.39 is 11.6 Å². The molecule has 2 nitrogen and oxygen atoms in total. The van der Waals surface area contributed by atoms with Crippen LogP contribution in [0.1, 0.15) is 31.4 Å². The first-order valence-corrected chi connectivity index (χ1v) is 5.83. The van der Waals surface area contributed by atoms with Crippen LogP contribution >= 0.6 is 0 Å². The molecule has 1 aromatic rings. The van der Waals surface area contributed by atoms with E-state index >= 15 is 0 Å². The summed E-state index contributed by atoms with van der Waals surface area (Å²) >= 11 is 0. The number of methoxy groups -OCH3 is 1. The van der Waals surface area contributed by atoms with Crippen LogP contribution < -0.4 is 5.32 Å². The Bertz CT molecular complexity index is 324. The molecule has 17 heavy (non-hydrogen) atoms. The van der Waals surface area contributed by atoms with E-state index in [4.69, 9.17) is 4.74 Å².